The van der Waals surface area contributed by atoms with Gasteiger partial charge in [-0.25, -0.2) is 9.67 Å². The number of carbonyl (C=O) groups is 1. The van der Waals surface area contributed by atoms with Crippen molar-refractivity contribution in [2.24, 2.45) is 4.99 Å². The number of aliphatic imine (C=N–C) groups is 1. The van der Waals surface area contributed by atoms with Crippen molar-refractivity contribution in [1.82, 2.24) is 14.8 Å². The molecule has 0 radical (unpaired) electrons. The van der Waals surface area contributed by atoms with Crippen molar-refractivity contribution in [2.75, 3.05) is 33.3 Å². The number of ether oxygens (including phenoxy) is 5. The van der Waals surface area contributed by atoms with Gasteiger partial charge in [-0.1, -0.05) is 0 Å². The minimum atomic E-state index is -0.464. The number of nitrogens with one attached hydrogen (secondary N) is 1. The molecule has 2 aromatic carbocycles. The summed E-state index contributed by atoms with van der Waals surface area (Å²) in [4.78, 5) is 21.8. The molecule has 0 fully saturated rings. The topological polar surface area (TPSA) is 118 Å². The molecule has 0 saturated heterocycles. The lowest BCUT2D eigenvalue weighted by Crippen LogP contribution is -2.15. The number of hydrogen-bond acceptors (Lipinski definition) is 9. The highest BCUT2D eigenvalue weighted by Gasteiger charge is 2.21. The van der Waals surface area contributed by atoms with Crippen molar-refractivity contribution in [2.45, 2.75) is 27.7 Å². The van der Waals surface area contributed by atoms with Crippen molar-refractivity contribution in [1.29, 1.82) is 0 Å². The number of amides is 1. The lowest BCUT2D eigenvalue weighted by Gasteiger charge is -2.15. The molecule has 0 saturated carbocycles. The molecule has 0 aliphatic heterocycles. The van der Waals surface area contributed by atoms with Crippen molar-refractivity contribution in [3.63, 3.8) is 0 Å². The van der Waals surface area contributed by atoms with Gasteiger partial charge in [0.05, 0.1) is 51.7 Å². The van der Waals surface area contributed by atoms with Crippen molar-refractivity contribution >= 4 is 29.9 Å². The third kappa shape index (κ3) is 6.61. The zero-order valence-corrected chi connectivity index (χ0v) is 25.3. The Kier molecular flexibility index (Phi) is 9.66. The van der Waals surface area contributed by atoms with Gasteiger partial charge in [-0.2, -0.15) is 5.10 Å². The monoisotopic (exact) mass is 585 g/mol. The smallest absolute Gasteiger partial charge is 0.281 e. The van der Waals surface area contributed by atoms with Crippen LogP contribution in [-0.4, -0.2) is 55.3 Å². The number of anilines is 1. The second kappa shape index (κ2) is 13.6. The third-order valence-electron chi connectivity index (χ3n) is 6.53. The highest BCUT2D eigenvalue weighted by atomic mass is 16.5. The Labute approximate surface area is 250 Å². The van der Waals surface area contributed by atoms with E-state index in [0.29, 0.717) is 52.4 Å². The summed E-state index contributed by atoms with van der Waals surface area (Å²) >= 11 is 0. The normalized spacial score (nSPS) is 11.1. The van der Waals surface area contributed by atoms with Gasteiger partial charge in [0.15, 0.2) is 22.9 Å². The van der Waals surface area contributed by atoms with Crippen LogP contribution in [-0.2, 0) is 0 Å². The first-order valence-electron chi connectivity index (χ1n) is 13.5. The van der Waals surface area contributed by atoms with E-state index in [4.69, 9.17) is 23.7 Å². The summed E-state index contributed by atoms with van der Waals surface area (Å²) in [5, 5.41) is 7.35. The molecule has 2 aromatic heterocycles. The van der Waals surface area contributed by atoms with Crippen LogP contribution in [0.1, 0.15) is 41.0 Å². The molecule has 0 aliphatic rings. The van der Waals surface area contributed by atoms with Gasteiger partial charge >= 0.3 is 0 Å². The minimum Gasteiger partial charge on any atom is -0.497 e. The number of methoxy groups -OCH3 is 3. The van der Waals surface area contributed by atoms with Gasteiger partial charge in [-0.15, -0.1) is 0 Å². The minimum absolute atomic E-state index is 0.132. The van der Waals surface area contributed by atoms with Gasteiger partial charge < -0.3 is 29.0 Å². The Hall–Kier alpha value is -5.32. The summed E-state index contributed by atoms with van der Waals surface area (Å²) in [6, 6.07) is 10.6. The molecule has 0 unspecified atom stereocenters. The molecule has 4 aromatic rings. The van der Waals surface area contributed by atoms with Gasteiger partial charge in [0, 0.05) is 11.6 Å². The average molecular weight is 586 g/mol. The number of hydrogen-bond donors (Lipinski definition) is 1. The lowest BCUT2D eigenvalue weighted by molar-refractivity contribution is 0.101. The van der Waals surface area contributed by atoms with Crippen molar-refractivity contribution in [3.05, 3.63) is 77.3 Å². The van der Waals surface area contributed by atoms with Crippen LogP contribution >= 0.6 is 0 Å². The van der Waals surface area contributed by atoms with E-state index in [9.17, 15) is 4.79 Å². The van der Waals surface area contributed by atoms with Crippen LogP contribution < -0.4 is 29.0 Å². The van der Waals surface area contributed by atoms with Crippen LogP contribution in [0.5, 0.6) is 28.7 Å². The Bertz CT molecular complexity index is 1640. The van der Waals surface area contributed by atoms with Crippen LogP contribution in [0.3, 0.4) is 0 Å². The zero-order chi connectivity index (χ0) is 31.1. The van der Waals surface area contributed by atoms with Crippen molar-refractivity contribution in [3.8, 4) is 34.4 Å². The number of aryl methyl sites for hydroxylation is 2. The van der Waals surface area contributed by atoms with E-state index < -0.39 is 5.91 Å². The summed E-state index contributed by atoms with van der Waals surface area (Å²) in [6.07, 6.45) is 5.00. The molecular weight excluding hydrogens is 550 g/mol. The maximum atomic E-state index is 13.3. The number of allylic oxidation sites excluding steroid dienone is 1. The molecule has 43 heavy (non-hydrogen) atoms. The first-order chi connectivity index (χ1) is 20.8. The second-order valence-electron chi connectivity index (χ2n) is 9.30. The van der Waals surface area contributed by atoms with Crippen LogP contribution in [0.25, 0.3) is 11.4 Å². The van der Waals surface area contributed by atoms with E-state index in [0.717, 1.165) is 22.6 Å². The van der Waals surface area contributed by atoms with Gasteiger partial charge in [-0.3, -0.25) is 9.79 Å². The van der Waals surface area contributed by atoms with Crippen molar-refractivity contribution < 1.29 is 28.5 Å². The molecule has 0 spiro atoms. The molecule has 2 heterocycles. The predicted molar refractivity (Wildman–Crippen MR) is 166 cm³/mol. The zero-order valence-electron chi connectivity index (χ0n) is 25.3. The Morgan fingerprint density at radius 3 is 2.26 bits per heavy atom. The molecule has 224 valence electrons. The maximum Gasteiger partial charge on any atom is 0.281 e. The van der Waals surface area contributed by atoms with E-state index in [1.54, 1.807) is 62.5 Å². The van der Waals surface area contributed by atoms with Crippen LogP contribution in [0.2, 0.25) is 0 Å². The fourth-order valence-electron chi connectivity index (χ4n) is 4.57. The average Bonchev–Trinajstić information content (AvgIpc) is 3.43. The highest BCUT2D eigenvalue weighted by Crippen LogP contribution is 2.38. The van der Waals surface area contributed by atoms with Gasteiger partial charge in [0.25, 0.3) is 5.91 Å². The second-order valence-corrected chi connectivity index (χ2v) is 9.30. The molecule has 0 bridgehead atoms. The van der Waals surface area contributed by atoms with Gasteiger partial charge in [0.2, 0.25) is 0 Å². The van der Waals surface area contributed by atoms with E-state index in [2.05, 4.69) is 27.1 Å². The Morgan fingerprint density at radius 1 is 1.00 bits per heavy atom. The Morgan fingerprint density at radius 2 is 1.70 bits per heavy atom. The number of pyridine rings is 1. The fraction of sp³-hybridized carbons (Fsp3) is 0.250. The van der Waals surface area contributed by atoms with E-state index >= 15 is 0 Å². The van der Waals surface area contributed by atoms with E-state index in [-0.39, 0.29) is 5.69 Å². The number of rotatable bonds is 12. The molecular formula is C32H35N5O6. The SMILES string of the molecule is C=Nc1cc(OC)c(OC)cc1/C(=C\C)Oc1ccc(NC(=O)c2nn(-c3c(C)cc(OC)cc3C)cc2OCC)nc1. The predicted octanol–water partition coefficient (Wildman–Crippen LogP) is 6.33. The quantitative estimate of drug-likeness (QED) is 0.151. The van der Waals surface area contributed by atoms with Gasteiger partial charge in [0.1, 0.15) is 23.1 Å². The van der Waals surface area contributed by atoms with E-state index in [1.165, 1.54) is 6.20 Å². The lowest BCUT2D eigenvalue weighted by atomic mass is 10.1. The van der Waals surface area contributed by atoms with Gasteiger partial charge in [-0.05, 0) is 81.9 Å². The number of aromatic nitrogens is 3. The summed E-state index contributed by atoms with van der Waals surface area (Å²) < 4.78 is 29.7. The summed E-state index contributed by atoms with van der Waals surface area (Å²) in [6.45, 7) is 11.6. The number of benzene rings is 2. The third-order valence-corrected chi connectivity index (χ3v) is 6.53. The Balaban J connectivity index is 1.55. The van der Waals surface area contributed by atoms with Crippen LogP contribution in [0.15, 0.2) is 59.9 Å². The molecule has 0 atom stereocenters. The first kappa shape index (κ1) is 30.6. The van der Waals surface area contributed by atoms with Crippen LogP contribution in [0, 0.1) is 13.8 Å². The summed E-state index contributed by atoms with van der Waals surface area (Å²) in [5.74, 6) is 2.96. The molecule has 1 N–H and O–H groups in total. The number of carbonyl (C=O) groups excluding carboxylic acids is 1. The molecule has 11 nitrogen and oxygen atoms in total. The number of nitrogens with zero attached hydrogens (tertiary/aromatic N) is 4. The highest BCUT2D eigenvalue weighted by molar-refractivity contribution is 6.04. The first-order valence-corrected chi connectivity index (χ1v) is 13.5. The van der Waals surface area contributed by atoms with E-state index in [1.807, 2.05) is 39.8 Å². The largest absolute Gasteiger partial charge is 0.497 e. The standard InChI is InChI=1S/C32H35N5O6/c1-9-25(23-15-26(40-7)27(41-8)16-24(23)33-5)43-21-11-12-29(34-17-21)35-32(38)30-28(42-10-2)18-37(36-30)31-19(3)13-22(39-6)14-20(31)4/h9,11-18H,5,10H2,1-4,6-8H3,(H,34,35,38)/b25-9+. The fourth-order valence-corrected chi connectivity index (χ4v) is 4.57. The van der Waals surface area contributed by atoms with Crippen LogP contribution in [0.4, 0.5) is 11.5 Å². The molecule has 1 amide bonds. The molecule has 4 rings (SSSR count). The molecule has 0 aliphatic carbocycles. The summed E-state index contributed by atoms with van der Waals surface area (Å²) in [5.41, 5.74) is 4.07. The molecule has 11 heteroatoms. The maximum absolute atomic E-state index is 13.3. The summed E-state index contributed by atoms with van der Waals surface area (Å²) in [7, 11) is 4.73.